The second-order valence-corrected chi connectivity index (χ2v) is 7.03. The molecule has 0 amide bonds. The number of rotatable bonds is 4. The molecule has 1 atom stereocenters. The standard InChI is InChI=1S/C15H28N2/c1-15(8-3-2-4-9-15)12-17-10-7-14(11-17)16-13-5-6-13/h13-14,16H,2-12H2,1H3. The number of hydrogen-bond donors (Lipinski definition) is 1. The van der Waals surface area contributed by atoms with Crippen LogP contribution in [0.3, 0.4) is 0 Å². The van der Waals surface area contributed by atoms with E-state index >= 15 is 0 Å². The third-order valence-corrected chi connectivity index (χ3v) is 4.99. The number of nitrogens with zero attached hydrogens (tertiary/aromatic N) is 1. The minimum atomic E-state index is 0.632. The maximum absolute atomic E-state index is 3.79. The molecular weight excluding hydrogens is 208 g/mol. The normalized spacial score (nSPS) is 34.1. The molecule has 98 valence electrons. The van der Waals surface area contributed by atoms with Crippen molar-refractivity contribution in [1.29, 1.82) is 0 Å². The summed E-state index contributed by atoms with van der Waals surface area (Å²) in [6, 6.07) is 1.68. The molecule has 0 radical (unpaired) electrons. The molecule has 1 N–H and O–H groups in total. The van der Waals surface area contributed by atoms with Crippen LogP contribution in [0.25, 0.3) is 0 Å². The molecule has 1 unspecified atom stereocenters. The lowest BCUT2D eigenvalue weighted by Crippen LogP contribution is -2.39. The van der Waals surface area contributed by atoms with Crippen LogP contribution in [-0.2, 0) is 0 Å². The Bertz CT molecular complexity index is 254. The van der Waals surface area contributed by atoms with Crippen LogP contribution in [0.15, 0.2) is 0 Å². The highest BCUT2D eigenvalue weighted by Gasteiger charge is 2.33. The molecule has 0 aromatic rings. The van der Waals surface area contributed by atoms with Gasteiger partial charge in [-0.05, 0) is 44.1 Å². The maximum Gasteiger partial charge on any atom is 0.0209 e. The van der Waals surface area contributed by atoms with Crippen LogP contribution in [0.5, 0.6) is 0 Å². The Kier molecular flexibility index (Phi) is 3.45. The fourth-order valence-corrected chi connectivity index (χ4v) is 3.80. The fraction of sp³-hybridized carbons (Fsp3) is 1.00. The lowest BCUT2D eigenvalue weighted by molar-refractivity contribution is 0.137. The Morgan fingerprint density at radius 1 is 1.06 bits per heavy atom. The third kappa shape index (κ3) is 3.23. The quantitative estimate of drug-likeness (QED) is 0.807. The number of nitrogens with one attached hydrogen (secondary N) is 1. The van der Waals surface area contributed by atoms with Gasteiger partial charge in [-0.1, -0.05) is 26.2 Å². The smallest absolute Gasteiger partial charge is 0.0209 e. The second kappa shape index (κ2) is 4.89. The molecule has 2 heteroatoms. The number of likely N-dealkylation sites (tertiary alicyclic amines) is 1. The molecule has 0 bridgehead atoms. The zero-order chi connectivity index (χ0) is 11.7. The summed E-state index contributed by atoms with van der Waals surface area (Å²) >= 11 is 0. The van der Waals surface area contributed by atoms with Gasteiger partial charge in [0.1, 0.15) is 0 Å². The summed E-state index contributed by atoms with van der Waals surface area (Å²) in [6.07, 6.45) is 11.6. The van der Waals surface area contributed by atoms with Gasteiger partial charge >= 0.3 is 0 Å². The van der Waals surface area contributed by atoms with E-state index in [1.807, 2.05) is 0 Å². The van der Waals surface area contributed by atoms with E-state index in [-0.39, 0.29) is 0 Å². The summed E-state index contributed by atoms with van der Waals surface area (Å²) in [5.74, 6) is 0. The first-order chi connectivity index (χ1) is 8.23. The van der Waals surface area contributed by atoms with E-state index in [0.717, 1.165) is 12.1 Å². The van der Waals surface area contributed by atoms with E-state index in [4.69, 9.17) is 0 Å². The van der Waals surface area contributed by atoms with Crippen molar-refractivity contribution in [2.75, 3.05) is 19.6 Å². The van der Waals surface area contributed by atoms with Crippen LogP contribution in [-0.4, -0.2) is 36.6 Å². The van der Waals surface area contributed by atoms with E-state index in [1.165, 1.54) is 71.0 Å². The molecule has 2 nitrogen and oxygen atoms in total. The second-order valence-electron chi connectivity index (χ2n) is 7.03. The zero-order valence-corrected chi connectivity index (χ0v) is 11.4. The van der Waals surface area contributed by atoms with Crippen molar-refractivity contribution >= 4 is 0 Å². The fourth-order valence-electron chi connectivity index (χ4n) is 3.80. The van der Waals surface area contributed by atoms with Gasteiger partial charge in [-0.2, -0.15) is 0 Å². The van der Waals surface area contributed by atoms with Gasteiger partial charge in [-0.25, -0.2) is 0 Å². The van der Waals surface area contributed by atoms with E-state index < -0.39 is 0 Å². The highest BCUT2D eigenvalue weighted by molar-refractivity contribution is 4.91. The third-order valence-electron chi connectivity index (χ3n) is 4.99. The lowest BCUT2D eigenvalue weighted by Gasteiger charge is -2.37. The van der Waals surface area contributed by atoms with Crippen LogP contribution < -0.4 is 5.32 Å². The summed E-state index contributed by atoms with van der Waals surface area (Å²) < 4.78 is 0. The molecule has 3 aliphatic rings. The van der Waals surface area contributed by atoms with Crippen LogP contribution in [0.4, 0.5) is 0 Å². The van der Waals surface area contributed by atoms with Gasteiger partial charge in [-0.15, -0.1) is 0 Å². The van der Waals surface area contributed by atoms with Crippen molar-refractivity contribution in [2.24, 2.45) is 5.41 Å². The highest BCUT2D eigenvalue weighted by Crippen LogP contribution is 2.37. The molecule has 0 aromatic carbocycles. The van der Waals surface area contributed by atoms with Gasteiger partial charge in [0.2, 0.25) is 0 Å². The molecule has 0 spiro atoms. The Hall–Kier alpha value is -0.0800. The van der Waals surface area contributed by atoms with E-state index in [1.54, 1.807) is 0 Å². The topological polar surface area (TPSA) is 15.3 Å². The van der Waals surface area contributed by atoms with Gasteiger partial charge in [0.25, 0.3) is 0 Å². The summed E-state index contributed by atoms with van der Waals surface area (Å²) in [5.41, 5.74) is 0.632. The summed E-state index contributed by atoms with van der Waals surface area (Å²) in [7, 11) is 0. The van der Waals surface area contributed by atoms with Crippen LogP contribution in [0, 0.1) is 5.41 Å². The first-order valence-electron chi connectivity index (χ1n) is 7.72. The van der Waals surface area contributed by atoms with Gasteiger partial charge in [-0.3, -0.25) is 0 Å². The maximum atomic E-state index is 3.79. The Morgan fingerprint density at radius 3 is 2.53 bits per heavy atom. The van der Waals surface area contributed by atoms with Crippen molar-refractivity contribution in [1.82, 2.24) is 10.2 Å². The first kappa shape index (κ1) is 12.0. The lowest BCUT2D eigenvalue weighted by atomic mass is 9.75. The van der Waals surface area contributed by atoms with Crippen molar-refractivity contribution in [3.63, 3.8) is 0 Å². The molecule has 1 heterocycles. The van der Waals surface area contributed by atoms with Crippen molar-refractivity contribution in [2.45, 2.75) is 70.4 Å². The molecular formula is C15H28N2. The van der Waals surface area contributed by atoms with Crippen LogP contribution >= 0.6 is 0 Å². The first-order valence-corrected chi connectivity index (χ1v) is 7.72. The molecule has 3 fully saturated rings. The van der Waals surface area contributed by atoms with Gasteiger partial charge in [0.05, 0.1) is 0 Å². The van der Waals surface area contributed by atoms with Crippen LogP contribution in [0.2, 0.25) is 0 Å². The molecule has 1 aliphatic heterocycles. The number of hydrogen-bond acceptors (Lipinski definition) is 2. The molecule has 17 heavy (non-hydrogen) atoms. The largest absolute Gasteiger partial charge is 0.310 e. The van der Waals surface area contributed by atoms with Crippen molar-refractivity contribution in [3.8, 4) is 0 Å². The van der Waals surface area contributed by atoms with E-state index in [9.17, 15) is 0 Å². The Morgan fingerprint density at radius 2 is 1.82 bits per heavy atom. The van der Waals surface area contributed by atoms with E-state index in [0.29, 0.717) is 5.41 Å². The summed E-state index contributed by atoms with van der Waals surface area (Å²) in [5, 5.41) is 3.79. The Labute approximate surface area is 106 Å². The van der Waals surface area contributed by atoms with Crippen molar-refractivity contribution in [3.05, 3.63) is 0 Å². The average molecular weight is 236 g/mol. The van der Waals surface area contributed by atoms with Gasteiger partial charge in [0, 0.05) is 25.2 Å². The van der Waals surface area contributed by atoms with E-state index in [2.05, 4.69) is 17.1 Å². The van der Waals surface area contributed by atoms with Crippen LogP contribution in [0.1, 0.15) is 58.3 Å². The molecule has 3 rings (SSSR count). The summed E-state index contributed by atoms with van der Waals surface area (Å²) in [4.78, 5) is 2.73. The highest BCUT2D eigenvalue weighted by atomic mass is 15.2. The summed E-state index contributed by atoms with van der Waals surface area (Å²) in [6.45, 7) is 6.52. The van der Waals surface area contributed by atoms with Gasteiger partial charge < -0.3 is 10.2 Å². The Balaban J connectivity index is 1.45. The SMILES string of the molecule is CC1(CN2CCC(NC3CC3)C2)CCCCC1. The van der Waals surface area contributed by atoms with Gasteiger partial charge in [0.15, 0.2) is 0 Å². The monoisotopic (exact) mass is 236 g/mol. The molecule has 2 saturated carbocycles. The minimum Gasteiger partial charge on any atom is -0.310 e. The predicted molar refractivity (Wildman–Crippen MR) is 72.2 cm³/mol. The van der Waals surface area contributed by atoms with Crippen molar-refractivity contribution < 1.29 is 0 Å². The molecule has 2 aliphatic carbocycles. The molecule has 1 saturated heterocycles. The minimum absolute atomic E-state index is 0.632. The predicted octanol–water partition coefficient (Wildman–Crippen LogP) is 2.78. The zero-order valence-electron chi connectivity index (χ0n) is 11.4. The average Bonchev–Trinajstić information content (AvgIpc) is 3.00. The molecule has 0 aromatic heterocycles.